The van der Waals surface area contributed by atoms with Gasteiger partial charge in [0.25, 0.3) is 0 Å². The van der Waals surface area contributed by atoms with Crippen LogP contribution in [0.25, 0.3) is 0 Å². The summed E-state index contributed by atoms with van der Waals surface area (Å²) in [6.07, 6.45) is 2.00. The normalized spacial score (nSPS) is 14.4. The van der Waals surface area contributed by atoms with Gasteiger partial charge in [0, 0.05) is 25.4 Å². The molecule has 0 radical (unpaired) electrons. The monoisotopic (exact) mass is 243 g/mol. The van der Waals surface area contributed by atoms with Gasteiger partial charge in [-0.2, -0.15) is 0 Å². The van der Waals surface area contributed by atoms with Crippen molar-refractivity contribution in [3.63, 3.8) is 0 Å². The molecule has 1 aliphatic rings. The molecular weight excluding hydrogens is 226 g/mol. The van der Waals surface area contributed by atoms with Crippen molar-refractivity contribution in [2.45, 2.75) is 32.1 Å². The van der Waals surface area contributed by atoms with Gasteiger partial charge in [0.05, 0.1) is 6.42 Å². The Labute approximate surface area is 99.2 Å². The van der Waals surface area contributed by atoms with Crippen LogP contribution in [0.15, 0.2) is 0 Å². The average Bonchev–Trinajstić information content (AvgIpc) is 3.04. The summed E-state index contributed by atoms with van der Waals surface area (Å²) in [6.45, 7) is 0.499. The average molecular weight is 243 g/mol. The lowest BCUT2D eigenvalue weighted by molar-refractivity contribution is -0.140. The standard InChI is InChI=1S/C11H17NO5/c13-9(14)2-1-6-12(7-5-10(15)16)11(17)8-3-4-8/h8H,1-7H2,(H,13,14)(H,15,16). The van der Waals surface area contributed by atoms with E-state index >= 15 is 0 Å². The van der Waals surface area contributed by atoms with E-state index < -0.39 is 11.9 Å². The molecule has 0 aliphatic heterocycles. The Bertz CT molecular complexity index is 311. The first-order chi connectivity index (χ1) is 8.00. The maximum absolute atomic E-state index is 11.8. The Morgan fingerprint density at radius 1 is 1.00 bits per heavy atom. The summed E-state index contributed by atoms with van der Waals surface area (Å²) in [5.41, 5.74) is 0. The molecule has 96 valence electrons. The number of carboxylic acids is 2. The van der Waals surface area contributed by atoms with Crippen LogP contribution in [0.2, 0.25) is 0 Å². The molecule has 0 aromatic heterocycles. The van der Waals surface area contributed by atoms with E-state index in [-0.39, 0.29) is 31.2 Å². The van der Waals surface area contributed by atoms with Crippen LogP contribution < -0.4 is 0 Å². The van der Waals surface area contributed by atoms with Crippen LogP contribution in [0.4, 0.5) is 0 Å². The zero-order valence-corrected chi connectivity index (χ0v) is 9.59. The van der Waals surface area contributed by atoms with Crippen LogP contribution in [0.3, 0.4) is 0 Å². The number of carbonyl (C=O) groups excluding carboxylic acids is 1. The van der Waals surface area contributed by atoms with Gasteiger partial charge in [0.15, 0.2) is 0 Å². The van der Waals surface area contributed by atoms with Gasteiger partial charge in [-0.25, -0.2) is 0 Å². The SMILES string of the molecule is O=C(O)CCCN(CCC(=O)O)C(=O)C1CC1. The second-order valence-electron chi connectivity index (χ2n) is 4.24. The van der Waals surface area contributed by atoms with Gasteiger partial charge in [-0.3, -0.25) is 14.4 Å². The smallest absolute Gasteiger partial charge is 0.305 e. The Kier molecular flexibility index (Phi) is 4.93. The molecule has 0 bridgehead atoms. The molecule has 0 aromatic carbocycles. The first-order valence-electron chi connectivity index (χ1n) is 5.73. The molecule has 1 amide bonds. The molecule has 17 heavy (non-hydrogen) atoms. The minimum Gasteiger partial charge on any atom is -0.481 e. The lowest BCUT2D eigenvalue weighted by atomic mass is 10.2. The number of carboxylic acid groups (broad SMARTS) is 2. The van der Waals surface area contributed by atoms with Gasteiger partial charge in [-0.15, -0.1) is 0 Å². The highest BCUT2D eigenvalue weighted by Crippen LogP contribution is 2.31. The topological polar surface area (TPSA) is 94.9 Å². The number of amides is 1. The summed E-state index contributed by atoms with van der Waals surface area (Å²) in [4.78, 5) is 34.1. The van der Waals surface area contributed by atoms with E-state index in [1.165, 1.54) is 4.90 Å². The summed E-state index contributed by atoms with van der Waals surface area (Å²) in [6, 6.07) is 0. The zero-order chi connectivity index (χ0) is 12.8. The molecular formula is C11H17NO5. The second kappa shape index (κ2) is 6.22. The number of carbonyl (C=O) groups is 3. The van der Waals surface area contributed by atoms with Gasteiger partial charge >= 0.3 is 11.9 Å². The molecule has 2 N–H and O–H groups in total. The largest absolute Gasteiger partial charge is 0.481 e. The van der Waals surface area contributed by atoms with Gasteiger partial charge in [-0.1, -0.05) is 0 Å². The highest BCUT2D eigenvalue weighted by atomic mass is 16.4. The summed E-state index contributed by atoms with van der Waals surface area (Å²) < 4.78 is 0. The summed E-state index contributed by atoms with van der Waals surface area (Å²) in [5.74, 6) is -1.84. The van der Waals surface area contributed by atoms with Gasteiger partial charge in [-0.05, 0) is 19.3 Å². The highest BCUT2D eigenvalue weighted by Gasteiger charge is 2.33. The molecule has 0 spiro atoms. The first-order valence-corrected chi connectivity index (χ1v) is 5.73. The van der Waals surface area contributed by atoms with Crippen molar-refractivity contribution in [3.05, 3.63) is 0 Å². The van der Waals surface area contributed by atoms with Crippen molar-refractivity contribution in [2.24, 2.45) is 5.92 Å². The maximum atomic E-state index is 11.8. The Morgan fingerprint density at radius 3 is 2.06 bits per heavy atom. The lowest BCUT2D eigenvalue weighted by Crippen LogP contribution is -2.35. The third-order valence-corrected chi connectivity index (χ3v) is 2.65. The van der Waals surface area contributed by atoms with Crippen molar-refractivity contribution in [3.8, 4) is 0 Å². The number of aliphatic carboxylic acids is 2. The fraction of sp³-hybridized carbons (Fsp3) is 0.727. The van der Waals surface area contributed by atoms with Crippen molar-refractivity contribution >= 4 is 17.8 Å². The molecule has 6 heteroatoms. The van der Waals surface area contributed by atoms with E-state index in [0.717, 1.165) is 12.8 Å². The molecule has 1 fully saturated rings. The van der Waals surface area contributed by atoms with Crippen molar-refractivity contribution in [1.82, 2.24) is 4.90 Å². The molecule has 0 unspecified atom stereocenters. The first kappa shape index (κ1) is 13.5. The Balaban J connectivity index is 2.37. The van der Waals surface area contributed by atoms with Crippen LogP contribution in [0.5, 0.6) is 0 Å². The highest BCUT2D eigenvalue weighted by molar-refractivity contribution is 5.81. The Hall–Kier alpha value is -1.59. The third-order valence-electron chi connectivity index (χ3n) is 2.65. The summed E-state index contributed by atoms with van der Waals surface area (Å²) in [7, 11) is 0. The fourth-order valence-corrected chi connectivity index (χ4v) is 1.57. The van der Waals surface area contributed by atoms with E-state index in [2.05, 4.69) is 0 Å². The molecule has 6 nitrogen and oxygen atoms in total. The molecule has 0 atom stereocenters. The predicted molar refractivity (Wildman–Crippen MR) is 58.4 cm³/mol. The van der Waals surface area contributed by atoms with Crippen LogP contribution in [0.1, 0.15) is 32.1 Å². The minimum atomic E-state index is -0.947. The lowest BCUT2D eigenvalue weighted by Gasteiger charge is -2.21. The van der Waals surface area contributed by atoms with Gasteiger partial charge < -0.3 is 15.1 Å². The van der Waals surface area contributed by atoms with E-state index in [9.17, 15) is 14.4 Å². The molecule has 1 saturated carbocycles. The number of hydrogen-bond donors (Lipinski definition) is 2. The Morgan fingerprint density at radius 2 is 1.59 bits per heavy atom. The van der Waals surface area contributed by atoms with E-state index in [1.807, 2.05) is 0 Å². The number of nitrogens with zero attached hydrogens (tertiary/aromatic N) is 1. The van der Waals surface area contributed by atoms with E-state index in [1.54, 1.807) is 0 Å². The summed E-state index contributed by atoms with van der Waals surface area (Å²) >= 11 is 0. The van der Waals surface area contributed by atoms with Crippen LogP contribution in [-0.4, -0.2) is 46.0 Å². The van der Waals surface area contributed by atoms with Gasteiger partial charge in [0.2, 0.25) is 5.91 Å². The third kappa shape index (κ3) is 5.33. The predicted octanol–water partition coefficient (Wildman–Crippen LogP) is 0.564. The number of rotatable bonds is 8. The minimum absolute atomic E-state index is 0.00151. The molecule has 0 aromatic rings. The van der Waals surface area contributed by atoms with Crippen molar-refractivity contribution in [1.29, 1.82) is 0 Å². The second-order valence-corrected chi connectivity index (χ2v) is 4.24. The zero-order valence-electron chi connectivity index (χ0n) is 9.59. The van der Waals surface area contributed by atoms with Crippen LogP contribution in [0, 0.1) is 5.92 Å². The van der Waals surface area contributed by atoms with E-state index in [4.69, 9.17) is 10.2 Å². The van der Waals surface area contributed by atoms with Crippen LogP contribution >= 0.6 is 0 Å². The van der Waals surface area contributed by atoms with Crippen molar-refractivity contribution < 1.29 is 24.6 Å². The van der Waals surface area contributed by atoms with Crippen molar-refractivity contribution in [2.75, 3.05) is 13.1 Å². The van der Waals surface area contributed by atoms with Crippen LogP contribution in [-0.2, 0) is 14.4 Å². The van der Waals surface area contributed by atoms with E-state index in [0.29, 0.717) is 13.0 Å². The quantitative estimate of drug-likeness (QED) is 0.649. The molecule has 1 rings (SSSR count). The summed E-state index contributed by atoms with van der Waals surface area (Å²) in [5, 5.41) is 17.1. The number of hydrogen-bond acceptors (Lipinski definition) is 3. The molecule has 1 aliphatic carbocycles. The maximum Gasteiger partial charge on any atom is 0.305 e. The van der Waals surface area contributed by atoms with Gasteiger partial charge in [0.1, 0.15) is 0 Å². The fourth-order valence-electron chi connectivity index (χ4n) is 1.57. The molecule has 0 heterocycles. The molecule has 0 saturated heterocycles.